The Morgan fingerprint density at radius 2 is 1.80 bits per heavy atom. The molecule has 1 aliphatic heterocycles. The molecule has 0 spiro atoms. The van der Waals surface area contributed by atoms with Gasteiger partial charge in [-0.3, -0.25) is 9.59 Å². The number of benzene rings is 1. The van der Waals surface area contributed by atoms with Crippen LogP contribution in [0.1, 0.15) is 28.9 Å². The first-order chi connectivity index (χ1) is 11.9. The summed E-state index contributed by atoms with van der Waals surface area (Å²) in [7, 11) is 1.72. The van der Waals surface area contributed by atoms with Gasteiger partial charge in [-0.1, -0.05) is 0 Å². The summed E-state index contributed by atoms with van der Waals surface area (Å²) in [5.74, 6) is 0.125. The van der Waals surface area contributed by atoms with Gasteiger partial charge in [0, 0.05) is 50.3 Å². The van der Waals surface area contributed by atoms with Crippen molar-refractivity contribution in [2.24, 2.45) is 7.05 Å². The molecule has 1 aromatic carbocycles. The summed E-state index contributed by atoms with van der Waals surface area (Å²) in [6, 6.07) is 8.93. The van der Waals surface area contributed by atoms with Crippen LogP contribution in [-0.2, 0) is 7.05 Å². The molecule has 1 fully saturated rings. The molecular weight excluding hydrogens is 323 g/mol. The number of rotatable bonds is 3. The van der Waals surface area contributed by atoms with Gasteiger partial charge in [-0.25, -0.2) is 4.39 Å². The molecule has 2 heterocycles. The number of piperidine rings is 1. The molecule has 25 heavy (non-hydrogen) atoms. The lowest BCUT2D eigenvalue weighted by Gasteiger charge is -2.32. The zero-order chi connectivity index (χ0) is 18.0. The van der Waals surface area contributed by atoms with Gasteiger partial charge in [0.1, 0.15) is 17.7 Å². The fraction of sp³-hybridized carbons (Fsp3) is 0.368. The van der Waals surface area contributed by atoms with Crippen LogP contribution in [0.2, 0.25) is 0 Å². The second kappa shape index (κ2) is 7.09. The van der Waals surface area contributed by atoms with Crippen LogP contribution < -0.4 is 10.3 Å². The van der Waals surface area contributed by atoms with E-state index in [2.05, 4.69) is 0 Å². The average molecular weight is 344 g/mol. The number of carbonyl (C=O) groups excluding carboxylic acids is 1. The van der Waals surface area contributed by atoms with Gasteiger partial charge in [0.15, 0.2) is 0 Å². The molecule has 0 atom stereocenters. The standard InChI is InChI=1S/C19H21FN2O3/c1-13-11-17(12-18(23)21(13)2)25-16-7-9-22(10-8-16)19(24)14-3-5-15(20)6-4-14/h3-6,11-12,16H,7-10H2,1-2H3. The molecule has 0 bridgehead atoms. The quantitative estimate of drug-likeness (QED) is 0.860. The molecule has 1 aliphatic rings. The Morgan fingerprint density at radius 1 is 1.16 bits per heavy atom. The van der Waals surface area contributed by atoms with Crippen molar-refractivity contribution < 1.29 is 13.9 Å². The van der Waals surface area contributed by atoms with Crippen LogP contribution in [0.15, 0.2) is 41.2 Å². The minimum Gasteiger partial charge on any atom is -0.490 e. The Labute approximate surface area is 145 Å². The monoisotopic (exact) mass is 344 g/mol. The topological polar surface area (TPSA) is 51.5 Å². The number of carbonyl (C=O) groups is 1. The van der Waals surface area contributed by atoms with Gasteiger partial charge >= 0.3 is 0 Å². The maximum atomic E-state index is 13.0. The van der Waals surface area contributed by atoms with E-state index in [9.17, 15) is 14.0 Å². The van der Waals surface area contributed by atoms with Crippen molar-refractivity contribution in [1.29, 1.82) is 0 Å². The summed E-state index contributed by atoms with van der Waals surface area (Å²) >= 11 is 0. The van der Waals surface area contributed by atoms with Crippen LogP contribution in [0.25, 0.3) is 0 Å². The van der Waals surface area contributed by atoms with E-state index in [1.165, 1.54) is 30.3 Å². The second-order valence-electron chi connectivity index (χ2n) is 6.35. The van der Waals surface area contributed by atoms with Gasteiger partial charge < -0.3 is 14.2 Å². The van der Waals surface area contributed by atoms with Gasteiger partial charge in [0.25, 0.3) is 11.5 Å². The minimum atomic E-state index is -0.354. The zero-order valence-electron chi connectivity index (χ0n) is 14.4. The highest BCUT2D eigenvalue weighted by atomic mass is 19.1. The predicted molar refractivity (Wildman–Crippen MR) is 92.4 cm³/mol. The van der Waals surface area contributed by atoms with Crippen molar-refractivity contribution in [2.75, 3.05) is 13.1 Å². The van der Waals surface area contributed by atoms with E-state index in [1.54, 1.807) is 16.5 Å². The molecule has 2 aromatic rings. The first-order valence-electron chi connectivity index (χ1n) is 8.33. The Kier molecular flexibility index (Phi) is 4.88. The first-order valence-corrected chi connectivity index (χ1v) is 8.33. The molecule has 3 rings (SSSR count). The number of pyridine rings is 1. The maximum absolute atomic E-state index is 13.0. The third-order valence-corrected chi connectivity index (χ3v) is 4.60. The van der Waals surface area contributed by atoms with Gasteiger partial charge in [-0.15, -0.1) is 0 Å². The molecule has 0 saturated carbocycles. The van der Waals surface area contributed by atoms with Crippen LogP contribution in [0.5, 0.6) is 5.75 Å². The van der Waals surface area contributed by atoms with Crippen molar-refractivity contribution >= 4 is 5.91 Å². The normalized spacial score (nSPS) is 15.2. The van der Waals surface area contributed by atoms with Gasteiger partial charge in [0.05, 0.1) is 0 Å². The van der Waals surface area contributed by atoms with E-state index in [-0.39, 0.29) is 23.4 Å². The Bertz CT molecular complexity index is 822. The molecule has 0 unspecified atom stereocenters. The highest BCUT2D eigenvalue weighted by Gasteiger charge is 2.25. The second-order valence-corrected chi connectivity index (χ2v) is 6.35. The van der Waals surface area contributed by atoms with E-state index in [0.29, 0.717) is 37.2 Å². The van der Waals surface area contributed by atoms with E-state index < -0.39 is 0 Å². The van der Waals surface area contributed by atoms with Gasteiger partial charge in [-0.05, 0) is 37.3 Å². The number of hydrogen-bond acceptors (Lipinski definition) is 3. The molecule has 5 nitrogen and oxygen atoms in total. The third-order valence-electron chi connectivity index (χ3n) is 4.60. The van der Waals surface area contributed by atoms with Crippen molar-refractivity contribution in [1.82, 2.24) is 9.47 Å². The summed E-state index contributed by atoms with van der Waals surface area (Å²) in [4.78, 5) is 26.0. The number of likely N-dealkylation sites (tertiary alicyclic amines) is 1. The summed E-state index contributed by atoms with van der Waals surface area (Å²) in [5.41, 5.74) is 1.23. The lowest BCUT2D eigenvalue weighted by atomic mass is 10.1. The molecule has 132 valence electrons. The highest BCUT2D eigenvalue weighted by molar-refractivity contribution is 5.94. The van der Waals surface area contributed by atoms with Gasteiger partial charge in [-0.2, -0.15) is 0 Å². The van der Waals surface area contributed by atoms with Crippen LogP contribution in [-0.4, -0.2) is 34.6 Å². The van der Waals surface area contributed by atoms with E-state index in [0.717, 1.165) is 5.69 Å². The molecule has 1 amide bonds. The third kappa shape index (κ3) is 3.90. The van der Waals surface area contributed by atoms with E-state index in [1.807, 2.05) is 13.0 Å². The molecule has 1 aromatic heterocycles. The number of amides is 1. The molecule has 0 aliphatic carbocycles. The van der Waals surface area contributed by atoms with E-state index in [4.69, 9.17) is 4.74 Å². The fourth-order valence-corrected chi connectivity index (χ4v) is 2.95. The first kappa shape index (κ1) is 17.2. The van der Waals surface area contributed by atoms with Crippen LogP contribution in [0.4, 0.5) is 4.39 Å². The Morgan fingerprint density at radius 3 is 2.40 bits per heavy atom. The average Bonchev–Trinajstić information content (AvgIpc) is 2.60. The van der Waals surface area contributed by atoms with Crippen molar-refractivity contribution in [2.45, 2.75) is 25.9 Å². The molecule has 6 heteroatoms. The molecule has 1 saturated heterocycles. The number of ether oxygens (including phenoxy) is 1. The van der Waals surface area contributed by atoms with Crippen LogP contribution in [0.3, 0.4) is 0 Å². The van der Waals surface area contributed by atoms with Crippen molar-refractivity contribution in [3.8, 4) is 5.75 Å². The lowest BCUT2D eigenvalue weighted by Crippen LogP contribution is -2.41. The smallest absolute Gasteiger partial charge is 0.254 e. The number of aromatic nitrogens is 1. The Hall–Kier alpha value is -2.63. The molecule has 0 N–H and O–H groups in total. The fourth-order valence-electron chi connectivity index (χ4n) is 2.95. The van der Waals surface area contributed by atoms with Crippen molar-refractivity contribution in [3.63, 3.8) is 0 Å². The zero-order valence-corrected chi connectivity index (χ0v) is 14.4. The van der Waals surface area contributed by atoms with Gasteiger partial charge in [0.2, 0.25) is 0 Å². The van der Waals surface area contributed by atoms with Crippen LogP contribution in [0, 0.1) is 12.7 Å². The minimum absolute atomic E-state index is 0.0243. The summed E-state index contributed by atoms with van der Waals surface area (Å²) in [6.07, 6.45) is 1.37. The highest BCUT2D eigenvalue weighted by Crippen LogP contribution is 2.20. The Balaban J connectivity index is 1.59. The maximum Gasteiger partial charge on any atom is 0.254 e. The number of hydrogen-bond donors (Lipinski definition) is 0. The number of halogens is 1. The summed E-state index contributed by atoms with van der Waals surface area (Å²) in [5, 5.41) is 0. The van der Waals surface area contributed by atoms with Crippen LogP contribution >= 0.6 is 0 Å². The number of nitrogens with zero attached hydrogens (tertiary/aromatic N) is 2. The SMILES string of the molecule is Cc1cc(OC2CCN(C(=O)c3ccc(F)cc3)CC2)cc(=O)n1C. The number of aryl methyl sites for hydroxylation is 1. The lowest BCUT2D eigenvalue weighted by molar-refractivity contribution is 0.0595. The predicted octanol–water partition coefficient (Wildman–Crippen LogP) is 2.52. The molecular formula is C19H21FN2O3. The van der Waals surface area contributed by atoms with Crippen molar-refractivity contribution in [3.05, 3.63) is 63.8 Å². The summed E-state index contributed by atoms with van der Waals surface area (Å²) in [6.45, 7) is 3.01. The van der Waals surface area contributed by atoms with E-state index >= 15 is 0 Å². The molecule has 0 radical (unpaired) electrons. The largest absolute Gasteiger partial charge is 0.490 e. The summed E-state index contributed by atoms with van der Waals surface area (Å²) < 4.78 is 20.5.